The van der Waals surface area contributed by atoms with Gasteiger partial charge in [-0.1, -0.05) is 103 Å². The highest BCUT2D eigenvalue weighted by molar-refractivity contribution is 5.96. The van der Waals surface area contributed by atoms with Crippen LogP contribution in [0.2, 0.25) is 0 Å². The third kappa shape index (κ3) is 5.29. The van der Waals surface area contributed by atoms with Gasteiger partial charge in [0.25, 0.3) is 0 Å². The SMILES string of the molecule is O=C(CNC(=O)C(c1ccccc1)c1ccccc1)Nc1ccc(-c2ccccc2)cc1. The van der Waals surface area contributed by atoms with Gasteiger partial charge in [-0.3, -0.25) is 9.59 Å². The Labute approximate surface area is 187 Å². The summed E-state index contributed by atoms with van der Waals surface area (Å²) in [6, 6.07) is 36.8. The fourth-order valence-corrected chi connectivity index (χ4v) is 3.64. The van der Waals surface area contributed by atoms with Gasteiger partial charge in [-0.2, -0.15) is 0 Å². The van der Waals surface area contributed by atoms with E-state index in [1.807, 2.05) is 115 Å². The molecule has 0 aliphatic rings. The highest BCUT2D eigenvalue weighted by atomic mass is 16.2. The minimum absolute atomic E-state index is 0.102. The van der Waals surface area contributed by atoms with Crippen LogP contribution in [0.5, 0.6) is 0 Å². The Hall–Kier alpha value is -4.18. The van der Waals surface area contributed by atoms with E-state index < -0.39 is 5.92 Å². The number of rotatable bonds is 7. The highest BCUT2D eigenvalue weighted by Crippen LogP contribution is 2.25. The van der Waals surface area contributed by atoms with Crippen LogP contribution in [0.1, 0.15) is 17.0 Å². The zero-order valence-electron chi connectivity index (χ0n) is 17.6. The fraction of sp³-hybridized carbons (Fsp3) is 0.0714. The van der Waals surface area contributed by atoms with Crippen LogP contribution < -0.4 is 10.6 Å². The lowest BCUT2D eigenvalue weighted by Gasteiger charge is -2.18. The summed E-state index contributed by atoms with van der Waals surface area (Å²) < 4.78 is 0. The minimum Gasteiger partial charge on any atom is -0.346 e. The molecule has 4 rings (SSSR count). The summed E-state index contributed by atoms with van der Waals surface area (Å²) in [5.41, 5.74) is 4.64. The van der Waals surface area contributed by atoms with Gasteiger partial charge in [0, 0.05) is 5.69 Å². The van der Waals surface area contributed by atoms with Crippen molar-refractivity contribution in [3.8, 4) is 11.1 Å². The van der Waals surface area contributed by atoms with Gasteiger partial charge in [0.2, 0.25) is 11.8 Å². The summed E-state index contributed by atoms with van der Waals surface area (Å²) in [5.74, 6) is -0.960. The topological polar surface area (TPSA) is 58.2 Å². The summed E-state index contributed by atoms with van der Waals surface area (Å²) in [6.07, 6.45) is 0. The maximum atomic E-state index is 13.0. The monoisotopic (exact) mass is 420 g/mol. The number of hydrogen-bond acceptors (Lipinski definition) is 2. The molecule has 4 aromatic carbocycles. The van der Waals surface area contributed by atoms with Crippen molar-refractivity contribution in [1.29, 1.82) is 0 Å². The van der Waals surface area contributed by atoms with Crippen LogP contribution in [-0.4, -0.2) is 18.4 Å². The molecular weight excluding hydrogens is 396 g/mol. The van der Waals surface area contributed by atoms with Gasteiger partial charge >= 0.3 is 0 Å². The van der Waals surface area contributed by atoms with Crippen LogP contribution in [0.3, 0.4) is 0 Å². The number of carbonyl (C=O) groups excluding carboxylic acids is 2. The first kappa shape index (κ1) is 21.1. The first-order valence-electron chi connectivity index (χ1n) is 10.5. The molecule has 0 spiro atoms. The number of nitrogens with one attached hydrogen (secondary N) is 2. The van der Waals surface area contributed by atoms with Crippen LogP contribution in [0.15, 0.2) is 115 Å². The Morgan fingerprint density at radius 1 is 0.594 bits per heavy atom. The second-order valence-corrected chi connectivity index (χ2v) is 7.46. The molecule has 0 unspecified atom stereocenters. The molecule has 2 N–H and O–H groups in total. The fourth-order valence-electron chi connectivity index (χ4n) is 3.64. The molecule has 2 amide bonds. The predicted molar refractivity (Wildman–Crippen MR) is 128 cm³/mol. The zero-order valence-corrected chi connectivity index (χ0v) is 17.6. The van der Waals surface area contributed by atoms with Crippen LogP contribution in [0.4, 0.5) is 5.69 Å². The lowest BCUT2D eigenvalue weighted by molar-refractivity contribution is -0.124. The van der Waals surface area contributed by atoms with Crippen molar-refractivity contribution in [2.45, 2.75) is 5.92 Å². The lowest BCUT2D eigenvalue weighted by atomic mass is 9.90. The van der Waals surface area contributed by atoms with Crippen molar-refractivity contribution in [3.05, 3.63) is 126 Å². The van der Waals surface area contributed by atoms with Crippen molar-refractivity contribution in [2.24, 2.45) is 0 Å². The number of anilines is 1. The van der Waals surface area contributed by atoms with E-state index in [1.165, 1.54) is 0 Å². The Balaban J connectivity index is 1.39. The molecule has 4 aromatic rings. The average molecular weight is 421 g/mol. The number of carbonyl (C=O) groups is 2. The first-order valence-corrected chi connectivity index (χ1v) is 10.5. The normalized spacial score (nSPS) is 10.5. The molecule has 0 fully saturated rings. The predicted octanol–water partition coefficient (Wildman–Crippen LogP) is 5.24. The van der Waals surface area contributed by atoms with E-state index >= 15 is 0 Å². The third-order valence-electron chi connectivity index (χ3n) is 5.23. The molecule has 0 aliphatic heterocycles. The summed E-state index contributed by atoms with van der Waals surface area (Å²) in [5, 5.41) is 5.63. The standard InChI is InChI=1S/C28H24N2O2/c31-26(30-25-18-16-22(17-19-25)21-10-4-1-5-11-21)20-29-28(32)27(23-12-6-2-7-13-23)24-14-8-3-9-15-24/h1-19,27H,20H2,(H,29,32)(H,30,31). The van der Waals surface area contributed by atoms with Gasteiger partial charge in [0.05, 0.1) is 12.5 Å². The molecule has 4 heteroatoms. The molecule has 0 aliphatic carbocycles. The third-order valence-corrected chi connectivity index (χ3v) is 5.23. The highest BCUT2D eigenvalue weighted by Gasteiger charge is 2.22. The molecule has 158 valence electrons. The van der Waals surface area contributed by atoms with E-state index in [0.29, 0.717) is 5.69 Å². The van der Waals surface area contributed by atoms with Crippen LogP contribution in [0.25, 0.3) is 11.1 Å². The number of hydrogen-bond donors (Lipinski definition) is 2. The summed E-state index contributed by atoms with van der Waals surface area (Å²) in [6.45, 7) is -0.102. The summed E-state index contributed by atoms with van der Waals surface area (Å²) in [4.78, 5) is 25.5. The van der Waals surface area contributed by atoms with Gasteiger partial charge in [-0.25, -0.2) is 0 Å². The first-order chi connectivity index (χ1) is 15.7. The maximum absolute atomic E-state index is 13.0. The molecule has 4 nitrogen and oxygen atoms in total. The molecule has 0 atom stereocenters. The van der Waals surface area contributed by atoms with E-state index in [4.69, 9.17) is 0 Å². The van der Waals surface area contributed by atoms with Crippen molar-refractivity contribution < 1.29 is 9.59 Å². The van der Waals surface area contributed by atoms with Gasteiger partial charge in [-0.05, 0) is 34.4 Å². The van der Waals surface area contributed by atoms with E-state index in [1.54, 1.807) is 0 Å². The summed E-state index contributed by atoms with van der Waals surface area (Å²) >= 11 is 0. The van der Waals surface area contributed by atoms with E-state index in [9.17, 15) is 9.59 Å². The number of benzene rings is 4. The smallest absolute Gasteiger partial charge is 0.243 e. The van der Waals surface area contributed by atoms with Crippen LogP contribution in [0, 0.1) is 0 Å². The van der Waals surface area contributed by atoms with Gasteiger partial charge < -0.3 is 10.6 Å². The van der Waals surface area contributed by atoms with Gasteiger partial charge in [0.15, 0.2) is 0 Å². The molecule has 32 heavy (non-hydrogen) atoms. The molecule has 0 saturated carbocycles. The van der Waals surface area contributed by atoms with Crippen molar-refractivity contribution >= 4 is 17.5 Å². The Morgan fingerprint density at radius 2 is 1.06 bits per heavy atom. The Kier molecular flexibility index (Phi) is 6.73. The summed E-state index contributed by atoms with van der Waals surface area (Å²) in [7, 11) is 0. The van der Waals surface area contributed by atoms with E-state index in [-0.39, 0.29) is 18.4 Å². The number of amides is 2. The second-order valence-electron chi connectivity index (χ2n) is 7.46. The molecule has 0 bridgehead atoms. The Bertz CT molecular complexity index is 1120. The average Bonchev–Trinajstić information content (AvgIpc) is 2.85. The lowest BCUT2D eigenvalue weighted by Crippen LogP contribution is -2.36. The second kappa shape index (κ2) is 10.2. The molecule has 0 aromatic heterocycles. The largest absolute Gasteiger partial charge is 0.346 e. The van der Waals surface area contributed by atoms with Crippen molar-refractivity contribution in [3.63, 3.8) is 0 Å². The molecule has 0 saturated heterocycles. The van der Waals surface area contributed by atoms with Gasteiger partial charge in [0.1, 0.15) is 0 Å². The molecule has 0 radical (unpaired) electrons. The van der Waals surface area contributed by atoms with E-state index in [2.05, 4.69) is 10.6 Å². The quantitative estimate of drug-likeness (QED) is 0.430. The van der Waals surface area contributed by atoms with Crippen molar-refractivity contribution in [1.82, 2.24) is 5.32 Å². The molecular formula is C28H24N2O2. The van der Waals surface area contributed by atoms with Crippen molar-refractivity contribution in [2.75, 3.05) is 11.9 Å². The van der Waals surface area contributed by atoms with Crippen LogP contribution in [-0.2, 0) is 9.59 Å². The minimum atomic E-state index is -0.477. The Morgan fingerprint density at radius 3 is 1.59 bits per heavy atom. The van der Waals surface area contributed by atoms with Gasteiger partial charge in [-0.15, -0.1) is 0 Å². The van der Waals surface area contributed by atoms with E-state index in [0.717, 1.165) is 22.3 Å². The zero-order chi connectivity index (χ0) is 22.2. The maximum Gasteiger partial charge on any atom is 0.243 e. The molecule has 0 heterocycles. The van der Waals surface area contributed by atoms with Crippen LogP contribution >= 0.6 is 0 Å².